The van der Waals surface area contributed by atoms with Gasteiger partial charge in [0.15, 0.2) is 0 Å². The van der Waals surface area contributed by atoms with Gasteiger partial charge in [-0.2, -0.15) is 5.26 Å². The van der Waals surface area contributed by atoms with E-state index in [-0.39, 0.29) is 28.5 Å². The molecule has 0 spiro atoms. The van der Waals surface area contributed by atoms with E-state index < -0.39 is 0 Å². The zero-order chi connectivity index (χ0) is 20.0. The van der Waals surface area contributed by atoms with Gasteiger partial charge in [0.05, 0.1) is 6.04 Å². The molecular weight excluding hydrogens is 322 g/mol. The van der Waals surface area contributed by atoms with E-state index >= 15 is 0 Å². The van der Waals surface area contributed by atoms with Crippen molar-refractivity contribution in [3.05, 3.63) is 47.2 Å². The molecule has 2 N–H and O–H groups in total. The maximum Gasteiger partial charge on any atom is 0.263 e. The summed E-state index contributed by atoms with van der Waals surface area (Å²) in [6.45, 7) is 14.7. The molecule has 1 amide bonds. The lowest BCUT2D eigenvalue weighted by molar-refractivity contribution is -0.117. The standard InChI is InChI=1S/C22H33N3O/c1-8-17-9-11-18(12-10-17)16(2)25-20(26)19(13-23)14-24-22(6,7)15-21(3,4)5/h9-12,14,16,24H,8,15H2,1-7H3,(H,25,26)/b19-14-. The first-order valence-corrected chi connectivity index (χ1v) is 9.25. The molecule has 0 fully saturated rings. The molecule has 4 nitrogen and oxygen atoms in total. The number of benzene rings is 1. The van der Waals surface area contributed by atoms with Crippen LogP contribution in [0.2, 0.25) is 0 Å². The molecule has 1 aromatic rings. The molecule has 0 heterocycles. The predicted octanol–water partition coefficient (Wildman–Crippen LogP) is 4.64. The number of nitrogens with zero attached hydrogens (tertiary/aromatic N) is 1. The summed E-state index contributed by atoms with van der Waals surface area (Å²) in [5.74, 6) is -0.362. The Bertz CT molecular complexity index is 673. The van der Waals surface area contributed by atoms with Crippen molar-refractivity contribution < 1.29 is 4.79 Å². The molecule has 0 aliphatic heterocycles. The van der Waals surface area contributed by atoms with Gasteiger partial charge in [0.1, 0.15) is 11.6 Å². The fraction of sp³-hybridized carbons (Fsp3) is 0.545. The molecule has 0 radical (unpaired) electrons. The van der Waals surface area contributed by atoms with Crippen LogP contribution in [0, 0.1) is 16.7 Å². The molecule has 0 aliphatic carbocycles. The summed E-state index contributed by atoms with van der Waals surface area (Å²) in [5.41, 5.74) is 2.31. The molecule has 1 rings (SSSR count). The highest BCUT2D eigenvalue weighted by molar-refractivity contribution is 5.97. The number of hydrogen-bond donors (Lipinski definition) is 2. The highest BCUT2D eigenvalue weighted by Gasteiger charge is 2.25. The summed E-state index contributed by atoms with van der Waals surface area (Å²) in [4.78, 5) is 12.4. The van der Waals surface area contributed by atoms with Crippen LogP contribution >= 0.6 is 0 Å². The van der Waals surface area contributed by atoms with Crippen LogP contribution < -0.4 is 10.6 Å². The van der Waals surface area contributed by atoms with E-state index in [1.165, 1.54) is 11.8 Å². The Balaban J connectivity index is 2.77. The third-order valence-corrected chi connectivity index (χ3v) is 4.18. The molecule has 4 heteroatoms. The monoisotopic (exact) mass is 355 g/mol. The van der Waals surface area contributed by atoms with E-state index in [2.05, 4.69) is 64.3 Å². The number of nitrogens with one attached hydrogen (secondary N) is 2. The van der Waals surface area contributed by atoms with Gasteiger partial charge in [0.25, 0.3) is 5.91 Å². The molecule has 26 heavy (non-hydrogen) atoms. The van der Waals surface area contributed by atoms with Crippen LogP contribution in [0.5, 0.6) is 0 Å². The molecule has 0 aliphatic rings. The first-order chi connectivity index (χ1) is 12.0. The van der Waals surface area contributed by atoms with Crippen molar-refractivity contribution >= 4 is 5.91 Å². The van der Waals surface area contributed by atoms with Crippen LogP contribution in [0.3, 0.4) is 0 Å². The van der Waals surface area contributed by atoms with E-state index in [4.69, 9.17) is 0 Å². The predicted molar refractivity (Wildman–Crippen MR) is 107 cm³/mol. The van der Waals surface area contributed by atoms with Gasteiger partial charge < -0.3 is 10.6 Å². The zero-order valence-corrected chi connectivity index (χ0v) is 17.2. The number of aryl methyl sites for hydroxylation is 1. The Hall–Kier alpha value is -2.28. The molecule has 0 bridgehead atoms. The topological polar surface area (TPSA) is 64.9 Å². The lowest BCUT2D eigenvalue weighted by atomic mass is 9.82. The molecule has 142 valence electrons. The maximum absolute atomic E-state index is 12.4. The van der Waals surface area contributed by atoms with Crippen molar-refractivity contribution in [2.24, 2.45) is 5.41 Å². The summed E-state index contributed by atoms with van der Waals surface area (Å²) >= 11 is 0. The number of rotatable bonds is 7. The lowest BCUT2D eigenvalue weighted by Crippen LogP contribution is -2.40. The lowest BCUT2D eigenvalue weighted by Gasteiger charge is -2.33. The van der Waals surface area contributed by atoms with Crippen LogP contribution in [0.1, 0.15) is 72.1 Å². The van der Waals surface area contributed by atoms with E-state index in [0.717, 1.165) is 18.4 Å². The number of nitriles is 1. The number of carbonyl (C=O) groups excluding carboxylic acids is 1. The smallest absolute Gasteiger partial charge is 0.263 e. The summed E-state index contributed by atoms with van der Waals surface area (Å²) in [6, 6.07) is 10.0. The number of hydrogen-bond acceptors (Lipinski definition) is 3. The van der Waals surface area contributed by atoms with Gasteiger partial charge in [0.2, 0.25) is 0 Å². The summed E-state index contributed by atoms with van der Waals surface area (Å²) in [7, 11) is 0. The third kappa shape index (κ3) is 7.31. The van der Waals surface area contributed by atoms with Gasteiger partial charge >= 0.3 is 0 Å². The minimum atomic E-state index is -0.362. The third-order valence-electron chi connectivity index (χ3n) is 4.18. The minimum Gasteiger partial charge on any atom is -0.385 e. The fourth-order valence-electron chi connectivity index (χ4n) is 3.19. The Morgan fingerprint density at radius 2 is 1.77 bits per heavy atom. The van der Waals surface area contributed by atoms with Gasteiger partial charge in [-0.1, -0.05) is 52.0 Å². The SMILES string of the molecule is CCc1ccc(C(C)NC(=O)/C(C#N)=C\NC(C)(C)CC(C)(C)C)cc1. The van der Waals surface area contributed by atoms with Gasteiger partial charge in [-0.25, -0.2) is 0 Å². The van der Waals surface area contributed by atoms with Gasteiger partial charge in [-0.15, -0.1) is 0 Å². The second-order valence-electron chi connectivity index (χ2n) is 8.73. The average molecular weight is 356 g/mol. The second kappa shape index (κ2) is 8.89. The molecule has 0 saturated heterocycles. The van der Waals surface area contributed by atoms with Gasteiger partial charge in [-0.3, -0.25) is 4.79 Å². The summed E-state index contributed by atoms with van der Waals surface area (Å²) < 4.78 is 0. The van der Waals surface area contributed by atoms with Crippen LogP contribution in [0.4, 0.5) is 0 Å². The highest BCUT2D eigenvalue weighted by Crippen LogP contribution is 2.26. The molecule has 0 aromatic heterocycles. The van der Waals surface area contributed by atoms with Crippen molar-refractivity contribution in [2.45, 2.75) is 72.9 Å². The normalized spacial score (nSPS) is 13.7. The van der Waals surface area contributed by atoms with Crippen LogP contribution in [0.25, 0.3) is 0 Å². The summed E-state index contributed by atoms with van der Waals surface area (Å²) in [5, 5.41) is 15.5. The van der Waals surface area contributed by atoms with E-state index in [0.29, 0.717) is 0 Å². The van der Waals surface area contributed by atoms with E-state index in [1.54, 1.807) is 0 Å². The molecule has 1 unspecified atom stereocenters. The molecule has 1 aromatic carbocycles. The molecule has 0 saturated carbocycles. The average Bonchev–Trinajstić information content (AvgIpc) is 2.53. The number of amides is 1. The second-order valence-corrected chi connectivity index (χ2v) is 8.73. The first kappa shape index (κ1) is 21.8. The molecule has 1 atom stereocenters. The summed E-state index contributed by atoms with van der Waals surface area (Å²) in [6.07, 6.45) is 3.43. The van der Waals surface area contributed by atoms with Gasteiger partial charge in [0, 0.05) is 11.7 Å². The van der Waals surface area contributed by atoms with Gasteiger partial charge in [-0.05, 0) is 50.2 Å². The highest BCUT2D eigenvalue weighted by atomic mass is 16.1. The van der Waals surface area contributed by atoms with Crippen molar-refractivity contribution in [1.29, 1.82) is 5.26 Å². The van der Waals surface area contributed by atoms with Crippen LogP contribution in [-0.2, 0) is 11.2 Å². The van der Waals surface area contributed by atoms with E-state index in [9.17, 15) is 10.1 Å². The quantitative estimate of drug-likeness (QED) is 0.553. The van der Waals surface area contributed by atoms with Crippen LogP contribution in [0.15, 0.2) is 36.0 Å². The van der Waals surface area contributed by atoms with Crippen molar-refractivity contribution in [2.75, 3.05) is 0 Å². The Kier molecular flexibility index (Phi) is 7.44. The Morgan fingerprint density at radius 3 is 2.23 bits per heavy atom. The largest absolute Gasteiger partial charge is 0.385 e. The van der Waals surface area contributed by atoms with Crippen molar-refractivity contribution in [1.82, 2.24) is 10.6 Å². The van der Waals surface area contributed by atoms with Crippen molar-refractivity contribution in [3.8, 4) is 6.07 Å². The molecular formula is C22H33N3O. The minimum absolute atomic E-state index is 0.0870. The zero-order valence-electron chi connectivity index (χ0n) is 17.2. The van der Waals surface area contributed by atoms with Crippen LogP contribution in [-0.4, -0.2) is 11.4 Å². The fourth-order valence-corrected chi connectivity index (χ4v) is 3.19. The number of carbonyl (C=O) groups is 1. The Labute approximate surface area is 158 Å². The Morgan fingerprint density at radius 1 is 1.19 bits per heavy atom. The first-order valence-electron chi connectivity index (χ1n) is 9.25. The van der Waals surface area contributed by atoms with Crippen molar-refractivity contribution in [3.63, 3.8) is 0 Å². The van der Waals surface area contributed by atoms with E-state index in [1.807, 2.05) is 25.1 Å². The maximum atomic E-state index is 12.4.